The molecule has 1 saturated heterocycles. The van der Waals surface area contributed by atoms with Crippen molar-refractivity contribution < 1.29 is 18.9 Å². The predicted molar refractivity (Wildman–Crippen MR) is 62.2 cm³/mol. The molecule has 18 heavy (non-hydrogen) atoms. The Labute approximate surface area is 104 Å². The second-order valence-electron chi connectivity index (χ2n) is 3.32. The van der Waals surface area contributed by atoms with Gasteiger partial charge in [0.05, 0.1) is 9.83 Å². The molecular weight excluding hydrogens is 263 g/mol. The highest BCUT2D eigenvalue weighted by molar-refractivity contribution is 8.18. The Hall–Kier alpha value is -2.22. The summed E-state index contributed by atoms with van der Waals surface area (Å²) in [6.07, 6.45) is 1.29. The van der Waals surface area contributed by atoms with Crippen LogP contribution in [0.5, 0.6) is 0 Å². The summed E-state index contributed by atoms with van der Waals surface area (Å²) in [6, 6.07) is 3.23. The van der Waals surface area contributed by atoms with Gasteiger partial charge in [0, 0.05) is 6.07 Å². The van der Waals surface area contributed by atoms with Gasteiger partial charge >= 0.3 is 5.69 Å². The molecule has 1 aliphatic rings. The van der Waals surface area contributed by atoms with Crippen LogP contribution in [0.1, 0.15) is 5.56 Å². The maximum absolute atomic E-state index is 13.3. The van der Waals surface area contributed by atoms with Gasteiger partial charge in [0.1, 0.15) is 0 Å². The number of nitrogens with zero attached hydrogens (tertiary/aromatic N) is 1. The lowest BCUT2D eigenvalue weighted by molar-refractivity contribution is -0.387. The third-order valence-electron chi connectivity index (χ3n) is 2.11. The van der Waals surface area contributed by atoms with E-state index in [1.165, 1.54) is 12.1 Å². The second-order valence-corrected chi connectivity index (χ2v) is 4.33. The van der Waals surface area contributed by atoms with Gasteiger partial charge in [-0.05, 0) is 35.5 Å². The van der Waals surface area contributed by atoms with E-state index in [0.717, 1.165) is 12.1 Å². The lowest BCUT2D eigenvalue weighted by Gasteiger charge is -1.97. The predicted octanol–water partition coefficient (Wildman–Crippen LogP) is 2.06. The SMILES string of the molecule is O=C1NC(=O)C(=Cc2ccc([N+](=O)[O-])c(F)c2)S1. The number of thioether (sulfide) groups is 1. The van der Waals surface area contributed by atoms with Gasteiger partial charge in [0.25, 0.3) is 11.1 Å². The summed E-state index contributed by atoms with van der Waals surface area (Å²) in [4.78, 5) is 31.8. The van der Waals surface area contributed by atoms with Crippen molar-refractivity contribution in [3.05, 3.63) is 44.6 Å². The highest BCUT2D eigenvalue weighted by atomic mass is 32.2. The Morgan fingerprint density at radius 1 is 1.39 bits per heavy atom. The number of nitrogens with one attached hydrogen (secondary N) is 1. The molecule has 0 unspecified atom stereocenters. The van der Waals surface area contributed by atoms with E-state index in [9.17, 15) is 24.1 Å². The normalized spacial score (nSPS) is 17.1. The average molecular weight is 268 g/mol. The fourth-order valence-corrected chi connectivity index (χ4v) is 2.02. The van der Waals surface area contributed by atoms with E-state index in [2.05, 4.69) is 0 Å². The van der Waals surface area contributed by atoms with Crippen LogP contribution in [0.2, 0.25) is 0 Å². The number of hydrogen-bond acceptors (Lipinski definition) is 5. The molecular formula is C10H5FN2O4S. The van der Waals surface area contributed by atoms with E-state index >= 15 is 0 Å². The number of hydrogen-bond donors (Lipinski definition) is 1. The summed E-state index contributed by atoms with van der Waals surface area (Å²) in [5.74, 6) is -1.56. The van der Waals surface area contributed by atoms with Gasteiger partial charge in [-0.1, -0.05) is 0 Å². The molecule has 1 aliphatic heterocycles. The topological polar surface area (TPSA) is 89.3 Å². The van der Waals surface area contributed by atoms with Crippen LogP contribution in [0, 0.1) is 15.9 Å². The van der Waals surface area contributed by atoms with Crippen LogP contribution in [0.4, 0.5) is 14.9 Å². The molecule has 2 rings (SSSR count). The Balaban J connectivity index is 2.33. The molecule has 2 amide bonds. The smallest absolute Gasteiger partial charge is 0.282 e. The van der Waals surface area contributed by atoms with Gasteiger partial charge in [-0.15, -0.1) is 0 Å². The minimum Gasteiger partial charge on any atom is -0.282 e. The number of nitro groups is 1. The fraction of sp³-hybridized carbons (Fsp3) is 0. The van der Waals surface area contributed by atoms with Crippen LogP contribution in [0.25, 0.3) is 6.08 Å². The number of halogens is 1. The van der Waals surface area contributed by atoms with E-state index < -0.39 is 27.6 Å². The molecule has 1 aromatic rings. The Kier molecular flexibility index (Phi) is 3.11. The van der Waals surface area contributed by atoms with Crippen molar-refractivity contribution in [2.75, 3.05) is 0 Å². The van der Waals surface area contributed by atoms with Gasteiger partial charge in [0.15, 0.2) is 0 Å². The monoisotopic (exact) mass is 268 g/mol. The first kappa shape index (κ1) is 12.2. The first-order chi connectivity index (χ1) is 8.47. The summed E-state index contributed by atoms with van der Waals surface area (Å²) < 4.78 is 13.3. The fourth-order valence-electron chi connectivity index (χ4n) is 1.33. The highest BCUT2D eigenvalue weighted by Gasteiger charge is 2.25. The van der Waals surface area contributed by atoms with Crippen molar-refractivity contribution in [2.24, 2.45) is 0 Å². The van der Waals surface area contributed by atoms with Crippen LogP contribution in [0.3, 0.4) is 0 Å². The summed E-state index contributed by atoms with van der Waals surface area (Å²) in [5.41, 5.74) is -0.373. The zero-order valence-corrected chi connectivity index (χ0v) is 9.49. The largest absolute Gasteiger partial charge is 0.304 e. The second kappa shape index (κ2) is 4.57. The van der Waals surface area contributed by atoms with Crippen molar-refractivity contribution in [1.29, 1.82) is 0 Å². The summed E-state index contributed by atoms with van der Waals surface area (Å²) in [7, 11) is 0. The maximum Gasteiger partial charge on any atom is 0.304 e. The molecule has 0 spiro atoms. The van der Waals surface area contributed by atoms with Crippen molar-refractivity contribution in [2.45, 2.75) is 0 Å². The van der Waals surface area contributed by atoms with E-state index in [1.807, 2.05) is 5.32 Å². The molecule has 0 atom stereocenters. The lowest BCUT2D eigenvalue weighted by atomic mass is 10.2. The summed E-state index contributed by atoms with van der Waals surface area (Å²) in [5, 5.41) is 12.0. The molecule has 92 valence electrons. The van der Waals surface area contributed by atoms with Crippen molar-refractivity contribution in [1.82, 2.24) is 5.32 Å². The molecule has 1 fully saturated rings. The van der Waals surface area contributed by atoms with E-state index in [0.29, 0.717) is 11.8 Å². The number of carbonyl (C=O) groups excluding carboxylic acids is 2. The first-order valence-corrected chi connectivity index (χ1v) is 5.48. The van der Waals surface area contributed by atoms with Gasteiger partial charge in [-0.25, -0.2) is 0 Å². The lowest BCUT2D eigenvalue weighted by Crippen LogP contribution is -2.17. The van der Waals surface area contributed by atoms with Gasteiger partial charge in [-0.2, -0.15) is 4.39 Å². The van der Waals surface area contributed by atoms with E-state index in [1.54, 1.807) is 0 Å². The third-order valence-corrected chi connectivity index (χ3v) is 2.92. The highest BCUT2D eigenvalue weighted by Crippen LogP contribution is 2.27. The molecule has 8 heteroatoms. The number of carbonyl (C=O) groups is 2. The van der Waals surface area contributed by atoms with Crippen molar-refractivity contribution in [3.8, 4) is 0 Å². The van der Waals surface area contributed by atoms with E-state index in [-0.39, 0.29) is 10.5 Å². The quantitative estimate of drug-likeness (QED) is 0.503. The van der Waals surface area contributed by atoms with Gasteiger partial charge in [-0.3, -0.25) is 25.0 Å². The van der Waals surface area contributed by atoms with Crippen LogP contribution in [0.15, 0.2) is 23.1 Å². The summed E-state index contributed by atoms with van der Waals surface area (Å²) in [6.45, 7) is 0. The van der Waals surface area contributed by atoms with Crippen molar-refractivity contribution >= 4 is 34.7 Å². The zero-order chi connectivity index (χ0) is 13.3. The minimum absolute atomic E-state index is 0.119. The van der Waals surface area contributed by atoms with Crippen LogP contribution < -0.4 is 5.32 Å². The van der Waals surface area contributed by atoms with Gasteiger partial charge in [0.2, 0.25) is 5.82 Å². The molecule has 0 aromatic heterocycles. The first-order valence-electron chi connectivity index (χ1n) is 4.66. The third kappa shape index (κ3) is 2.38. The number of rotatable bonds is 2. The molecule has 1 N–H and O–H groups in total. The molecule has 1 heterocycles. The Morgan fingerprint density at radius 2 is 2.11 bits per heavy atom. The number of amides is 2. The summed E-state index contributed by atoms with van der Waals surface area (Å²) >= 11 is 0.690. The maximum atomic E-state index is 13.3. The van der Waals surface area contributed by atoms with Crippen LogP contribution >= 0.6 is 11.8 Å². The van der Waals surface area contributed by atoms with Gasteiger partial charge < -0.3 is 0 Å². The standard InChI is InChI=1S/C10H5FN2O4S/c11-6-3-5(1-2-7(6)13(16)17)4-8-9(14)12-10(15)18-8/h1-4H,(H,12,14,15). The van der Waals surface area contributed by atoms with Crippen molar-refractivity contribution in [3.63, 3.8) is 0 Å². The molecule has 1 aromatic carbocycles. The molecule has 0 saturated carbocycles. The molecule has 0 bridgehead atoms. The zero-order valence-electron chi connectivity index (χ0n) is 8.68. The van der Waals surface area contributed by atoms with Crippen LogP contribution in [-0.2, 0) is 4.79 Å². The molecule has 0 aliphatic carbocycles. The van der Waals surface area contributed by atoms with E-state index in [4.69, 9.17) is 0 Å². The van der Waals surface area contributed by atoms with Crippen LogP contribution in [-0.4, -0.2) is 16.1 Å². The number of nitro benzene ring substituents is 1. The minimum atomic E-state index is -0.996. The number of benzene rings is 1. The number of imide groups is 1. The Bertz CT molecular complexity index is 600. The Morgan fingerprint density at radius 3 is 2.61 bits per heavy atom. The average Bonchev–Trinajstić information content (AvgIpc) is 2.57. The molecule has 6 nitrogen and oxygen atoms in total. The molecule has 0 radical (unpaired) electrons.